The third-order valence-electron chi connectivity index (χ3n) is 5.44. The normalized spacial score (nSPS) is 15.4. The second-order valence-electron chi connectivity index (χ2n) is 7.78. The van der Waals surface area contributed by atoms with Crippen LogP contribution in [-0.2, 0) is 11.3 Å². The van der Waals surface area contributed by atoms with Crippen LogP contribution in [-0.4, -0.2) is 27.5 Å². The number of amidine groups is 1. The molecule has 1 N–H and O–H groups in total. The third-order valence-corrected chi connectivity index (χ3v) is 5.44. The highest BCUT2D eigenvalue weighted by Gasteiger charge is 2.29. The standard InChI is InChI=1S/C27H22N6O/c28-17-24-15-23(12-13-29-24)27-31-26(32-33(27)19-34-18-20-7-3-1-4-8-20)22-11-14-30-25(16-22)21-9-5-2-6-10-21/h1-16,27H,18-19H2,(H,31,32). The van der Waals surface area contributed by atoms with E-state index in [1.807, 2.05) is 83.9 Å². The van der Waals surface area contributed by atoms with E-state index in [4.69, 9.17) is 9.73 Å². The molecule has 0 aliphatic carbocycles. The van der Waals surface area contributed by atoms with E-state index in [-0.39, 0.29) is 6.17 Å². The summed E-state index contributed by atoms with van der Waals surface area (Å²) in [5.41, 5.74) is 8.51. The van der Waals surface area contributed by atoms with Gasteiger partial charge in [0.1, 0.15) is 30.5 Å². The molecule has 0 spiro atoms. The summed E-state index contributed by atoms with van der Waals surface area (Å²) in [6, 6.07) is 29.7. The van der Waals surface area contributed by atoms with Crippen molar-refractivity contribution in [1.82, 2.24) is 20.4 Å². The van der Waals surface area contributed by atoms with Gasteiger partial charge in [-0.2, -0.15) is 10.3 Å². The van der Waals surface area contributed by atoms with Crippen LogP contribution in [0.25, 0.3) is 11.3 Å². The molecule has 0 saturated heterocycles. The number of aromatic nitrogens is 2. The second-order valence-corrected chi connectivity index (χ2v) is 7.78. The van der Waals surface area contributed by atoms with Gasteiger partial charge in [0.15, 0.2) is 0 Å². The minimum absolute atomic E-state index is 0.299. The molecule has 7 nitrogen and oxygen atoms in total. The van der Waals surface area contributed by atoms with Gasteiger partial charge in [0, 0.05) is 23.5 Å². The molecule has 5 rings (SSSR count). The lowest BCUT2D eigenvalue weighted by atomic mass is 10.1. The number of aliphatic imine (C=N–C) groups is 1. The molecule has 1 atom stereocenters. The minimum atomic E-state index is -0.366. The lowest BCUT2D eigenvalue weighted by Gasteiger charge is -2.23. The van der Waals surface area contributed by atoms with Gasteiger partial charge in [-0.3, -0.25) is 10.4 Å². The smallest absolute Gasteiger partial charge is 0.149 e. The quantitative estimate of drug-likeness (QED) is 0.451. The first-order chi connectivity index (χ1) is 16.8. The van der Waals surface area contributed by atoms with Gasteiger partial charge in [0.2, 0.25) is 0 Å². The summed E-state index contributed by atoms with van der Waals surface area (Å²) in [5.74, 6) is 0.711. The van der Waals surface area contributed by atoms with Gasteiger partial charge in [-0.1, -0.05) is 60.7 Å². The molecule has 0 fully saturated rings. The Balaban J connectivity index is 1.41. The molecule has 0 bridgehead atoms. The Labute approximate surface area is 198 Å². The Kier molecular flexibility index (Phi) is 6.34. The summed E-state index contributed by atoms with van der Waals surface area (Å²) >= 11 is 0. The molecule has 2 aromatic heterocycles. The van der Waals surface area contributed by atoms with Crippen molar-refractivity contribution in [2.45, 2.75) is 12.8 Å². The molecule has 7 heteroatoms. The molecule has 2 aromatic carbocycles. The molecule has 1 aliphatic heterocycles. The van der Waals surface area contributed by atoms with Crippen molar-refractivity contribution in [3.8, 4) is 17.3 Å². The average molecular weight is 447 g/mol. The number of hydrazine groups is 1. The molecule has 0 saturated carbocycles. The number of nitrogens with one attached hydrogen (secondary N) is 1. The van der Waals surface area contributed by atoms with Gasteiger partial charge in [0.05, 0.1) is 12.3 Å². The highest BCUT2D eigenvalue weighted by Crippen LogP contribution is 2.27. The molecular formula is C27H22N6O. The van der Waals surface area contributed by atoms with Crippen molar-refractivity contribution in [1.29, 1.82) is 5.26 Å². The van der Waals surface area contributed by atoms with Gasteiger partial charge in [0.25, 0.3) is 0 Å². The number of nitrogens with zero attached hydrogens (tertiary/aromatic N) is 5. The fraction of sp³-hybridized carbons (Fsp3) is 0.111. The molecule has 1 aliphatic rings. The van der Waals surface area contributed by atoms with Gasteiger partial charge in [-0.05, 0) is 35.4 Å². The van der Waals surface area contributed by atoms with E-state index in [9.17, 15) is 5.26 Å². The van der Waals surface area contributed by atoms with E-state index in [2.05, 4.69) is 21.5 Å². The van der Waals surface area contributed by atoms with Crippen molar-refractivity contribution in [3.63, 3.8) is 0 Å². The lowest BCUT2D eigenvalue weighted by molar-refractivity contribution is -0.0117. The van der Waals surface area contributed by atoms with E-state index in [1.54, 1.807) is 18.5 Å². The number of hydrogen-bond donors (Lipinski definition) is 1. The third kappa shape index (κ3) is 4.84. The number of pyridine rings is 2. The van der Waals surface area contributed by atoms with E-state index < -0.39 is 0 Å². The maximum Gasteiger partial charge on any atom is 0.149 e. The lowest BCUT2D eigenvalue weighted by Crippen LogP contribution is -2.39. The molecule has 4 aromatic rings. The van der Waals surface area contributed by atoms with Crippen LogP contribution in [0.3, 0.4) is 0 Å². The molecular weight excluding hydrogens is 424 g/mol. The first-order valence-corrected chi connectivity index (χ1v) is 10.9. The van der Waals surface area contributed by atoms with Crippen molar-refractivity contribution in [3.05, 3.63) is 120 Å². The van der Waals surface area contributed by atoms with Crippen molar-refractivity contribution < 1.29 is 4.74 Å². The first-order valence-electron chi connectivity index (χ1n) is 10.9. The molecule has 3 heterocycles. The molecule has 0 radical (unpaired) electrons. The molecule has 1 unspecified atom stereocenters. The Morgan fingerprint density at radius 1 is 0.882 bits per heavy atom. The Bertz CT molecular complexity index is 1330. The average Bonchev–Trinajstić information content (AvgIpc) is 3.34. The monoisotopic (exact) mass is 446 g/mol. The second kappa shape index (κ2) is 10.0. The Morgan fingerprint density at radius 2 is 1.65 bits per heavy atom. The zero-order valence-electron chi connectivity index (χ0n) is 18.4. The number of benzene rings is 2. The maximum atomic E-state index is 9.30. The van der Waals surface area contributed by atoms with Crippen molar-refractivity contribution in [2.24, 2.45) is 4.99 Å². The molecule has 0 amide bonds. The van der Waals surface area contributed by atoms with Crippen LogP contribution in [0.4, 0.5) is 0 Å². The van der Waals surface area contributed by atoms with Crippen molar-refractivity contribution in [2.75, 3.05) is 6.73 Å². The van der Waals surface area contributed by atoms with E-state index in [1.165, 1.54) is 0 Å². The van der Waals surface area contributed by atoms with Crippen LogP contribution in [0.5, 0.6) is 0 Å². The predicted molar refractivity (Wildman–Crippen MR) is 129 cm³/mol. The van der Waals surface area contributed by atoms with Gasteiger partial charge in [-0.15, -0.1) is 0 Å². The van der Waals surface area contributed by atoms with Crippen molar-refractivity contribution >= 4 is 5.84 Å². The van der Waals surface area contributed by atoms with Crippen LogP contribution in [0.15, 0.2) is 102 Å². The number of rotatable bonds is 7. The van der Waals surface area contributed by atoms with Crippen LogP contribution >= 0.6 is 0 Å². The summed E-state index contributed by atoms with van der Waals surface area (Å²) in [4.78, 5) is 13.5. The van der Waals surface area contributed by atoms with Crippen LogP contribution < -0.4 is 5.43 Å². The van der Waals surface area contributed by atoms with Gasteiger partial charge >= 0.3 is 0 Å². The maximum absolute atomic E-state index is 9.30. The number of hydrogen-bond acceptors (Lipinski definition) is 7. The highest BCUT2D eigenvalue weighted by atomic mass is 16.5. The Morgan fingerprint density at radius 3 is 2.44 bits per heavy atom. The SMILES string of the molecule is N#Cc1cc(C2N=C(c3ccnc(-c4ccccc4)c3)NN2COCc2ccccc2)ccn1. The molecule has 34 heavy (non-hydrogen) atoms. The molecule has 166 valence electrons. The summed E-state index contributed by atoms with van der Waals surface area (Å²) in [7, 11) is 0. The summed E-state index contributed by atoms with van der Waals surface area (Å²) in [5, 5.41) is 11.2. The zero-order chi connectivity index (χ0) is 23.2. The zero-order valence-corrected chi connectivity index (χ0v) is 18.4. The number of nitriles is 1. The summed E-state index contributed by atoms with van der Waals surface area (Å²) in [6.07, 6.45) is 3.05. The van der Waals surface area contributed by atoms with E-state index in [0.29, 0.717) is 24.9 Å². The summed E-state index contributed by atoms with van der Waals surface area (Å²) in [6.45, 7) is 0.779. The van der Waals surface area contributed by atoms with Gasteiger partial charge in [-0.25, -0.2) is 9.98 Å². The summed E-state index contributed by atoms with van der Waals surface area (Å²) < 4.78 is 5.99. The van der Waals surface area contributed by atoms with Gasteiger partial charge < -0.3 is 4.74 Å². The fourth-order valence-electron chi connectivity index (χ4n) is 3.76. The van der Waals surface area contributed by atoms with E-state index in [0.717, 1.165) is 27.9 Å². The Hall–Kier alpha value is -4.38. The van der Waals surface area contributed by atoms with Crippen LogP contribution in [0.2, 0.25) is 0 Å². The van der Waals surface area contributed by atoms with Crippen LogP contribution in [0, 0.1) is 11.3 Å². The van der Waals surface area contributed by atoms with Crippen LogP contribution in [0.1, 0.15) is 28.6 Å². The largest absolute Gasteiger partial charge is 0.360 e. The topological polar surface area (TPSA) is 86.4 Å². The fourth-order valence-corrected chi connectivity index (χ4v) is 3.76. The predicted octanol–water partition coefficient (Wildman–Crippen LogP) is 4.46. The van der Waals surface area contributed by atoms with E-state index >= 15 is 0 Å². The number of ether oxygens (including phenoxy) is 1. The highest BCUT2D eigenvalue weighted by molar-refractivity contribution is 6.00. The first kappa shape index (κ1) is 21.5. The minimum Gasteiger partial charge on any atom is -0.360 e.